The molecule has 5 nitrogen and oxygen atoms in total. The standard InChI is InChI=1S/C11H16N2O3S2/c1-8-6-13(7-9(2)17-8)18(15,16)11-5-12-4-3-10(11)14/h3-5,8-9H,6-7H2,1-2H3,(H,12,14). The summed E-state index contributed by atoms with van der Waals surface area (Å²) in [6.45, 7) is 4.90. The summed E-state index contributed by atoms with van der Waals surface area (Å²) in [6, 6.07) is 1.23. The van der Waals surface area contributed by atoms with E-state index < -0.39 is 15.5 Å². The van der Waals surface area contributed by atoms with Crippen LogP contribution >= 0.6 is 11.8 Å². The third kappa shape index (κ3) is 2.62. The average Bonchev–Trinajstić information content (AvgIpc) is 2.28. The van der Waals surface area contributed by atoms with Crippen LogP contribution in [0.25, 0.3) is 0 Å². The fourth-order valence-electron chi connectivity index (χ4n) is 2.07. The van der Waals surface area contributed by atoms with Gasteiger partial charge in [-0.1, -0.05) is 13.8 Å². The zero-order valence-electron chi connectivity index (χ0n) is 10.3. The quantitative estimate of drug-likeness (QED) is 0.877. The molecule has 7 heteroatoms. The van der Waals surface area contributed by atoms with Crippen LogP contribution in [0.4, 0.5) is 0 Å². The van der Waals surface area contributed by atoms with Crippen LogP contribution < -0.4 is 5.43 Å². The number of pyridine rings is 1. The van der Waals surface area contributed by atoms with Crippen LogP contribution in [0.5, 0.6) is 0 Å². The zero-order valence-corrected chi connectivity index (χ0v) is 11.9. The minimum atomic E-state index is -3.68. The van der Waals surface area contributed by atoms with E-state index in [0.717, 1.165) is 0 Å². The third-order valence-electron chi connectivity index (χ3n) is 2.79. The normalized spacial score (nSPS) is 26.1. The molecule has 1 aliphatic heterocycles. The Labute approximate surface area is 111 Å². The Kier molecular flexibility index (Phi) is 3.84. The van der Waals surface area contributed by atoms with Crippen LogP contribution in [0.1, 0.15) is 13.8 Å². The number of sulfonamides is 1. The Morgan fingerprint density at radius 3 is 2.50 bits per heavy atom. The lowest BCUT2D eigenvalue weighted by atomic mass is 10.4. The van der Waals surface area contributed by atoms with E-state index in [2.05, 4.69) is 4.98 Å². The monoisotopic (exact) mass is 288 g/mol. The summed E-state index contributed by atoms with van der Waals surface area (Å²) in [5, 5.41) is 0.484. The molecular weight excluding hydrogens is 272 g/mol. The summed E-state index contributed by atoms with van der Waals surface area (Å²) in [7, 11) is -3.68. The van der Waals surface area contributed by atoms with Gasteiger partial charge in [-0.15, -0.1) is 0 Å². The van der Waals surface area contributed by atoms with Gasteiger partial charge in [0.05, 0.1) is 0 Å². The number of rotatable bonds is 2. The Morgan fingerprint density at radius 1 is 1.33 bits per heavy atom. The number of nitrogens with one attached hydrogen (secondary N) is 1. The molecule has 0 aliphatic carbocycles. The van der Waals surface area contributed by atoms with Gasteiger partial charge in [-0.2, -0.15) is 16.1 Å². The predicted molar refractivity (Wildman–Crippen MR) is 72.3 cm³/mol. The maximum Gasteiger partial charge on any atom is 0.248 e. The molecule has 0 radical (unpaired) electrons. The molecule has 1 saturated heterocycles. The Balaban J connectivity index is 2.37. The SMILES string of the molecule is CC1CN(S(=O)(=O)c2c[nH]ccc2=O)CC(C)S1. The maximum absolute atomic E-state index is 12.4. The van der Waals surface area contributed by atoms with Crippen LogP contribution in [0, 0.1) is 0 Å². The fourth-order valence-corrected chi connectivity index (χ4v) is 5.24. The number of thioether (sulfide) groups is 1. The number of nitrogens with zero attached hydrogens (tertiary/aromatic N) is 1. The summed E-state index contributed by atoms with van der Waals surface area (Å²) >= 11 is 1.77. The number of hydrogen-bond acceptors (Lipinski definition) is 4. The molecular formula is C11H16N2O3S2. The Bertz CT molecular complexity index is 572. The molecule has 1 aromatic rings. The van der Waals surface area contributed by atoms with E-state index >= 15 is 0 Å². The lowest BCUT2D eigenvalue weighted by Crippen LogP contribution is -2.45. The van der Waals surface area contributed by atoms with Crippen LogP contribution in [-0.4, -0.2) is 41.3 Å². The summed E-state index contributed by atoms with van der Waals surface area (Å²) in [5.74, 6) is 0. The highest BCUT2D eigenvalue weighted by atomic mass is 32.2. The van der Waals surface area contributed by atoms with Gasteiger partial charge in [0.25, 0.3) is 0 Å². The van der Waals surface area contributed by atoms with E-state index in [4.69, 9.17) is 0 Å². The molecule has 1 N–H and O–H groups in total. The second-order valence-corrected chi connectivity index (χ2v) is 8.24. The van der Waals surface area contributed by atoms with Gasteiger partial charge in [-0.25, -0.2) is 8.42 Å². The van der Waals surface area contributed by atoms with Gasteiger partial charge >= 0.3 is 0 Å². The second-order valence-electron chi connectivity index (χ2n) is 4.45. The smallest absolute Gasteiger partial charge is 0.248 e. The van der Waals surface area contributed by atoms with Crippen molar-refractivity contribution < 1.29 is 8.42 Å². The molecule has 0 spiro atoms. The maximum atomic E-state index is 12.4. The lowest BCUT2D eigenvalue weighted by molar-refractivity contribution is 0.404. The van der Waals surface area contributed by atoms with Crippen LogP contribution in [0.2, 0.25) is 0 Å². The van der Waals surface area contributed by atoms with E-state index in [1.807, 2.05) is 13.8 Å². The molecule has 1 aromatic heterocycles. The highest BCUT2D eigenvalue weighted by Crippen LogP contribution is 2.27. The zero-order chi connectivity index (χ0) is 13.3. The van der Waals surface area contributed by atoms with E-state index in [-0.39, 0.29) is 15.4 Å². The van der Waals surface area contributed by atoms with E-state index in [9.17, 15) is 13.2 Å². The highest BCUT2D eigenvalue weighted by molar-refractivity contribution is 8.00. The van der Waals surface area contributed by atoms with Gasteiger partial charge in [0.15, 0.2) is 0 Å². The first-order chi connectivity index (χ1) is 8.41. The Hall–Kier alpha value is -0.790. The van der Waals surface area contributed by atoms with Crippen molar-refractivity contribution in [3.8, 4) is 0 Å². The van der Waals surface area contributed by atoms with E-state index in [0.29, 0.717) is 13.1 Å². The van der Waals surface area contributed by atoms with Crippen molar-refractivity contribution in [2.45, 2.75) is 29.2 Å². The molecule has 0 bridgehead atoms. The van der Waals surface area contributed by atoms with Crippen LogP contribution in [-0.2, 0) is 10.0 Å². The fraction of sp³-hybridized carbons (Fsp3) is 0.545. The number of H-pyrrole nitrogens is 1. The first-order valence-corrected chi connectivity index (χ1v) is 8.12. The van der Waals surface area contributed by atoms with Crippen LogP contribution in [0.15, 0.2) is 28.2 Å². The van der Waals surface area contributed by atoms with Crippen molar-refractivity contribution in [3.05, 3.63) is 28.7 Å². The topological polar surface area (TPSA) is 70.2 Å². The van der Waals surface area contributed by atoms with Gasteiger partial charge in [0, 0.05) is 42.0 Å². The van der Waals surface area contributed by atoms with Gasteiger partial charge in [-0.05, 0) is 0 Å². The molecule has 2 rings (SSSR count). The minimum Gasteiger partial charge on any atom is -0.366 e. The van der Waals surface area contributed by atoms with Crippen molar-refractivity contribution in [3.63, 3.8) is 0 Å². The first kappa shape index (κ1) is 13.6. The van der Waals surface area contributed by atoms with Gasteiger partial charge in [0.2, 0.25) is 15.5 Å². The van der Waals surface area contributed by atoms with Gasteiger partial charge in [0.1, 0.15) is 4.90 Å². The molecule has 2 unspecified atom stereocenters. The van der Waals surface area contributed by atoms with E-state index in [1.165, 1.54) is 22.8 Å². The summed E-state index contributed by atoms with van der Waals surface area (Å²) < 4.78 is 26.2. The highest BCUT2D eigenvalue weighted by Gasteiger charge is 2.33. The van der Waals surface area contributed by atoms with E-state index in [1.54, 1.807) is 11.8 Å². The number of hydrogen-bond donors (Lipinski definition) is 1. The molecule has 2 atom stereocenters. The lowest BCUT2D eigenvalue weighted by Gasteiger charge is -2.33. The Morgan fingerprint density at radius 2 is 1.94 bits per heavy atom. The molecule has 0 aromatic carbocycles. The molecule has 100 valence electrons. The summed E-state index contributed by atoms with van der Waals surface area (Å²) in [5.41, 5.74) is -0.465. The first-order valence-electron chi connectivity index (χ1n) is 5.74. The predicted octanol–water partition coefficient (Wildman–Crippen LogP) is 0.889. The second kappa shape index (κ2) is 5.07. The van der Waals surface area contributed by atoms with Gasteiger partial charge in [-0.3, -0.25) is 4.79 Å². The molecule has 18 heavy (non-hydrogen) atoms. The molecule has 0 saturated carbocycles. The molecule has 1 fully saturated rings. The van der Waals surface area contributed by atoms with Crippen molar-refractivity contribution in [1.82, 2.24) is 9.29 Å². The van der Waals surface area contributed by atoms with Crippen molar-refractivity contribution in [2.75, 3.05) is 13.1 Å². The summed E-state index contributed by atoms with van der Waals surface area (Å²) in [4.78, 5) is 14.1. The van der Waals surface area contributed by atoms with Crippen molar-refractivity contribution >= 4 is 21.8 Å². The van der Waals surface area contributed by atoms with Crippen molar-refractivity contribution in [1.29, 1.82) is 0 Å². The molecule has 2 heterocycles. The summed E-state index contributed by atoms with van der Waals surface area (Å²) in [6.07, 6.45) is 2.69. The number of aromatic nitrogens is 1. The average molecular weight is 288 g/mol. The van der Waals surface area contributed by atoms with Crippen molar-refractivity contribution in [2.24, 2.45) is 0 Å². The molecule has 0 amide bonds. The largest absolute Gasteiger partial charge is 0.366 e. The van der Waals surface area contributed by atoms with Gasteiger partial charge < -0.3 is 4.98 Å². The minimum absolute atomic E-state index is 0.170. The third-order valence-corrected chi connectivity index (χ3v) is 5.87. The van der Waals surface area contributed by atoms with Crippen LogP contribution in [0.3, 0.4) is 0 Å². The molecule has 1 aliphatic rings. The number of aromatic amines is 1.